The number of nitrogens with two attached hydrogens (primary N) is 1. The van der Waals surface area contributed by atoms with Crippen molar-refractivity contribution in [1.29, 1.82) is 0 Å². The summed E-state index contributed by atoms with van der Waals surface area (Å²) in [5.41, 5.74) is 5.69. The van der Waals surface area contributed by atoms with Crippen LogP contribution in [0.5, 0.6) is 0 Å². The first-order chi connectivity index (χ1) is 8.60. The quantitative estimate of drug-likeness (QED) is 0.823. The van der Waals surface area contributed by atoms with Gasteiger partial charge in [-0.15, -0.1) is 0 Å². The normalized spacial score (nSPS) is 22.4. The number of ether oxygens (including phenoxy) is 2. The van der Waals surface area contributed by atoms with E-state index in [0.717, 1.165) is 25.0 Å². The molecule has 0 radical (unpaired) electrons. The highest BCUT2D eigenvalue weighted by atomic mass is 16.6. The Morgan fingerprint density at radius 1 is 1.50 bits per heavy atom. The number of esters is 1. The van der Waals surface area contributed by atoms with E-state index >= 15 is 0 Å². The van der Waals surface area contributed by atoms with Gasteiger partial charge in [-0.2, -0.15) is 0 Å². The maximum atomic E-state index is 12.0. The van der Waals surface area contributed by atoms with Crippen LogP contribution in [-0.2, 0) is 19.8 Å². The summed E-state index contributed by atoms with van der Waals surface area (Å²) >= 11 is 0. The van der Waals surface area contributed by atoms with Crippen molar-refractivity contribution in [3.05, 3.63) is 35.9 Å². The van der Waals surface area contributed by atoms with Crippen LogP contribution in [0.3, 0.4) is 0 Å². The van der Waals surface area contributed by atoms with E-state index in [9.17, 15) is 4.79 Å². The molecule has 1 aliphatic rings. The highest BCUT2D eigenvalue weighted by molar-refractivity contribution is 5.81. The summed E-state index contributed by atoms with van der Waals surface area (Å²) in [6.45, 7) is 2.71. The van der Waals surface area contributed by atoms with Crippen molar-refractivity contribution in [2.45, 2.75) is 31.4 Å². The van der Waals surface area contributed by atoms with E-state index in [1.807, 2.05) is 30.3 Å². The molecule has 0 amide bonds. The molecule has 18 heavy (non-hydrogen) atoms. The second kappa shape index (κ2) is 5.50. The molecule has 2 rings (SSSR count). The number of benzene rings is 1. The number of hydrogen-bond donors (Lipinski definition) is 1. The number of carbonyl (C=O) groups excluding carboxylic acids is 1. The number of rotatable bonds is 4. The zero-order valence-electron chi connectivity index (χ0n) is 10.6. The molecule has 0 spiro atoms. The summed E-state index contributed by atoms with van der Waals surface area (Å²) in [5, 5.41) is 0. The molecule has 1 aromatic rings. The molecular formula is C14H19NO3. The summed E-state index contributed by atoms with van der Waals surface area (Å²) in [6, 6.07) is 9.25. The maximum Gasteiger partial charge on any atom is 0.330 e. The van der Waals surface area contributed by atoms with E-state index < -0.39 is 11.5 Å². The minimum atomic E-state index is -1.11. The van der Waals surface area contributed by atoms with Crippen molar-refractivity contribution in [1.82, 2.24) is 0 Å². The Kier molecular flexibility index (Phi) is 3.99. The lowest BCUT2D eigenvalue weighted by molar-refractivity contribution is -0.153. The van der Waals surface area contributed by atoms with Crippen LogP contribution in [0.4, 0.5) is 0 Å². The molecule has 2 unspecified atom stereocenters. The smallest absolute Gasteiger partial charge is 0.330 e. The molecule has 1 heterocycles. The van der Waals surface area contributed by atoms with E-state index in [0.29, 0.717) is 6.61 Å². The summed E-state index contributed by atoms with van der Waals surface area (Å²) in [7, 11) is 0. The Bertz CT molecular complexity index is 397. The Morgan fingerprint density at radius 2 is 2.22 bits per heavy atom. The summed E-state index contributed by atoms with van der Waals surface area (Å²) in [6.07, 6.45) is 2.00. The molecule has 0 saturated carbocycles. The largest absolute Gasteiger partial charge is 0.461 e. The number of hydrogen-bond acceptors (Lipinski definition) is 4. The van der Waals surface area contributed by atoms with E-state index in [1.54, 1.807) is 6.92 Å². The lowest BCUT2D eigenvalue weighted by atomic mass is 9.93. The molecule has 2 N–H and O–H groups in total. The Balaban J connectivity index is 1.94. The molecule has 1 saturated heterocycles. The predicted molar refractivity (Wildman–Crippen MR) is 67.9 cm³/mol. The van der Waals surface area contributed by atoms with Gasteiger partial charge in [-0.05, 0) is 25.3 Å². The highest BCUT2D eigenvalue weighted by Crippen LogP contribution is 2.20. The van der Waals surface area contributed by atoms with Gasteiger partial charge in [-0.3, -0.25) is 0 Å². The number of carbonyl (C=O) groups is 1. The van der Waals surface area contributed by atoms with Gasteiger partial charge in [-0.25, -0.2) is 4.79 Å². The van der Waals surface area contributed by atoms with Crippen molar-refractivity contribution in [2.75, 3.05) is 13.2 Å². The van der Waals surface area contributed by atoms with Gasteiger partial charge in [0.2, 0.25) is 0 Å². The van der Waals surface area contributed by atoms with Gasteiger partial charge >= 0.3 is 5.97 Å². The third-order valence-electron chi connectivity index (χ3n) is 3.22. The van der Waals surface area contributed by atoms with Gasteiger partial charge in [-0.1, -0.05) is 30.3 Å². The first kappa shape index (κ1) is 13.1. The van der Waals surface area contributed by atoms with Gasteiger partial charge in [0.25, 0.3) is 0 Å². The fourth-order valence-corrected chi connectivity index (χ4v) is 2.00. The van der Waals surface area contributed by atoms with Gasteiger partial charge in [0.05, 0.1) is 6.10 Å². The van der Waals surface area contributed by atoms with Gasteiger partial charge in [0.1, 0.15) is 12.1 Å². The molecule has 0 aromatic heterocycles. The molecule has 1 fully saturated rings. The zero-order valence-corrected chi connectivity index (χ0v) is 10.6. The second-order valence-corrected chi connectivity index (χ2v) is 4.80. The molecule has 98 valence electrons. The highest BCUT2D eigenvalue weighted by Gasteiger charge is 2.33. The SMILES string of the molecule is CC(N)(C(=O)OCC1CCCO1)c1ccccc1. The second-order valence-electron chi connectivity index (χ2n) is 4.80. The van der Waals surface area contributed by atoms with Crippen molar-refractivity contribution >= 4 is 5.97 Å². The minimum Gasteiger partial charge on any atom is -0.461 e. The van der Waals surface area contributed by atoms with E-state index in [2.05, 4.69) is 0 Å². The molecular weight excluding hydrogens is 230 g/mol. The van der Waals surface area contributed by atoms with Crippen molar-refractivity contribution in [3.8, 4) is 0 Å². The average Bonchev–Trinajstić information content (AvgIpc) is 2.90. The van der Waals surface area contributed by atoms with Crippen LogP contribution >= 0.6 is 0 Å². The lowest BCUT2D eigenvalue weighted by Crippen LogP contribution is -2.43. The van der Waals surface area contributed by atoms with Crippen LogP contribution in [0.25, 0.3) is 0 Å². The first-order valence-electron chi connectivity index (χ1n) is 6.24. The van der Waals surface area contributed by atoms with Crippen molar-refractivity contribution in [3.63, 3.8) is 0 Å². The standard InChI is InChI=1S/C14H19NO3/c1-14(15,11-6-3-2-4-7-11)13(16)18-10-12-8-5-9-17-12/h2-4,6-7,12H,5,8-10,15H2,1H3. The Hall–Kier alpha value is -1.39. The molecule has 1 aliphatic heterocycles. The minimum absolute atomic E-state index is 0.0283. The van der Waals surface area contributed by atoms with Crippen LogP contribution in [-0.4, -0.2) is 25.3 Å². The molecule has 4 heteroatoms. The third kappa shape index (κ3) is 2.89. The monoisotopic (exact) mass is 249 g/mol. The molecule has 2 atom stereocenters. The topological polar surface area (TPSA) is 61.6 Å². The summed E-state index contributed by atoms with van der Waals surface area (Å²) in [5.74, 6) is -0.413. The first-order valence-corrected chi connectivity index (χ1v) is 6.24. The summed E-state index contributed by atoms with van der Waals surface area (Å²) in [4.78, 5) is 12.0. The molecule has 1 aromatic carbocycles. The predicted octanol–water partition coefficient (Wildman–Crippen LogP) is 1.58. The average molecular weight is 249 g/mol. The molecule has 0 aliphatic carbocycles. The molecule has 0 bridgehead atoms. The van der Waals surface area contributed by atoms with Crippen LogP contribution in [0.15, 0.2) is 30.3 Å². The van der Waals surface area contributed by atoms with Gasteiger partial charge in [0.15, 0.2) is 0 Å². The van der Waals surface area contributed by atoms with E-state index in [4.69, 9.17) is 15.2 Å². The summed E-state index contributed by atoms with van der Waals surface area (Å²) < 4.78 is 10.7. The fourth-order valence-electron chi connectivity index (χ4n) is 2.00. The molecule has 4 nitrogen and oxygen atoms in total. The van der Waals surface area contributed by atoms with Crippen LogP contribution in [0.1, 0.15) is 25.3 Å². The third-order valence-corrected chi connectivity index (χ3v) is 3.22. The van der Waals surface area contributed by atoms with Gasteiger partial charge in [0, 0.05) is 6.61 Å². The van der Waals surface area contributed by atoms with Crippen molar-refractivity contribution < 1.29 is 14.3 Å². The lowest BCUT2D eigenvalue weighted by Gasteiger charge is -2.23. The van der Waals surface area contributed by atoms with Crippen LogP contribution < -0.4 is 5.73 Å². The van der Waals surface area contributed by atoms with Crippen LogP contribution in [0.2, 0.25) is 0 Å². The maximum absolute atomic E-state index is 12.0. The van der Waals surface area contributed by atoms with E-state index in [1.165, 1.54) is 0 Å². The zero-order chi connectivity index (χ0) is 13.0. The Labute approximate surface area is 107 Å². The van der Waals surface area contributed by atoms with E-state index in [-0.39, 0.29) is 6.10 Å². The van der Waals surface area contributed by atoms with Gasteiger partial charge < -0.3 is 15.2 Å². The Morgan fingerprint density at radius 3 is 2.83 bits per heavy atom. The van der Waals surface area contributed by atoms with Crippen molar-refractivity contribution in [2.24, 2.45) is 5.73 Å². The fraction of sp³-hybridized carbons (Fsp3) is 0.500. The van der Waals surface area contributed by atoms with Crippen LogP contribution in [0, 0.1) is 0 Å².